The zero-order valence-corrected chi connectivity index (χ0v) is 10.8. The second-order valence-corrected chi connectivity index (χ2v) is 4.96. The van der Waals surface area contributed by atoms with Crippen molar-refractivity contribution in [3.63, 3.8) is 0 Å². The predicted molar refractivity (Wildman–Crippen MR) is 64.3 cm³/mol. The Morgan fingerprint density at radius 3 is 2.53 bits per heavy atom. The van der Waals surface area contributed by atoms with Crippen LogP contribution in [0.15, 0.2) is 0 Å². The van der Waals surface area contributed by atoms with Gasteiger partial charge in [0.25, 0.3) is 0 Å². The molecule has 94 valence electrons. The summed E-state index contributed by atoms with van der Waals surface area (Å²) >= 11 is 0. The normalized spacial score (nSPS) is 19.1. The molecule has 1 N–H and O–H groups in total. The zero-order chi connectivity index (χ0) is 12.7. The van der Waals surface area contributed by atoms with Gasteiger partial charge in [-0.1, -0.05) is 0 Å². The molecule has 1 aliphatic heterocycles. The van der Waals surface area contributed by atoms with E-state index < -0.39 is 11.9 Å². The summed E-state index contributed by atoms with van der Waals surface area (Å²) < 4.78 is 1.99. The largest absolute Gasteiger partial charge is 0.481 e. The molecule has 17 heavy (non-hydrogen) atoms. The maximum absolute atomic E-state index is 11.1. The zero-order valence-electron chi connectivity index (χ0n) is 10.8. The number of carboxylic acid groups (broad SMARTS) is 1. The first-order chi connectivity index (χ1) is 7.91. The lowest BCUT2D eigenvalue weighted by atomic mass is 9.99. The van der Waals surface area contributed by atoms with Crippen molar-refractivity contribution in [2.75, 3.05) is 20.1 Å². The van der Waals surface area contributed by atoms with E-state index in [9.17, 15) is 4.79 Å². The summed E-state index contributed by atoms with van der Waals surface area (Å²) in [6, 6.07) is 0.397. The Morgan fingerprint density at radius 1 is 1.47 bits per heavy atom. The molecule has 5 nitrogen and oxygen atoms in total. The van der Waals surface area contributed by atoms with Gasteiger partial charge in [-0.15, -0.1) is 0 Å². The molecule has 0 amide bonds. The number of carbonyl (C=O) groups is 1. The standard InChI is InChI=1S/C12H19N3O2/c1-7(12(16)17)11-8(2)13-15(9(11)3)10-5-14(4)6-10/h7,10H,5-6H2,1-4H3,(H,16,17). The van der Waals surface area contributed by atoms with Crippen molar-refractivity contribution < 1.29 is 9.90 Å². The maximum atomic E-state index is 11.1. The molecule has 1 aromatic rings. The number of carboxylic acids is 1. The lowest BCUT2D eigenvalue weighted by Crippen LogP contribution is -2.45. The molecule has 0 spiro atoms. The van der Waals surface area contributed by atoms with Gasteiger partial charge in [0.05, 0.1) is 17.7 Å². The highest BCUT2D eigenvalue weighted by Crippen LogP contribution is 2.28. The van der Waals surface area contributed by atoms with E-state index in [1.165, 1.54) is 0 Å². The van der Waals surface area contributed by atoms with Crippen LogP contribution in [0.25, 0.3) is 0 Å². The minimum absolute atomic E-state index is 0.397. The highest BCUT2D eigenvalue weighted by atomic mass is 16.4. The average Bonchev–Trinajstić information content (AvgIpc) is 2.48. The molecule has 1 atom stereocenters. The molecule has 0 aromatic carbocycles. The van der Waals surface area contributed by atoms with E-state index in [4.69, 9.17) is 5.11 Å². The number of likely N-dealkylation sites (tertiary alicyclic amines) is 1. The molecular weight excluding hydrogens is 218 g/mol. The second-order valence-electron chi connectivity index (χ2n) is 4.96. The summed E-state index contributed by atoms with van der Waals surface area (Å²) in [7, 11) is 2.07. The van der Waals surface area contributed by atoms with Crippen LogP contribution in [0, 0.1) is 13.8 Å². The molecule has 2 rings (SSSR count). The van der Waals surface area contributed by atoms with Crippen LogP contribution in [0.2, 0.25) is 0 Å². The van der Waals surface area contributed by atoms with Crippen LogP contribution < -0.4 is 0 Å². The molecule has 1 fully saturated rings. The third-order valence-electron chi connectivity index (χ3n) is 3.58. The number of hydrogen-bond acceptors (Lipinski definition) is 3. The third kappa shape index (κ3) is 1.95. The third-order valence-corrected chi connectivity index (χ3v) is 3.58. The Bertz CT molecular complexity index is 447. The van der Waals surface area contributed by atoms with Gasteiger partial charge in [0.15, 0.2) is 0 Å². The SMILES string of the molecule is Cc1nn(C2CN(C)C2)c(C)c1C(C)C(=O)O. The van der Waals surface area contributed by atoms with Crippen molar-refractivity contribution in [2.45, 2.75) is 32.7 Å². The first kappa shape index (κ1) is 12.1. The summed E-state index contributed by atoms with van der Waals surface area (Å²) in [6.07, 6.45) is 0. The number of aliphatic carboxylic acids is 1. The van der Waals surface area contributed by atoms with E-state index >= 15 is 0 Å². The van der Waals surface area contributed by atoms with Gasteiger partial charge >= 0.3 is 5.97 Å². The Kier molecular flexibility index (Phi) is 2.95. The molecule has 1 saturated heterocycles. The van der Waals surface area contributed by atoms with Gasteiger partial charge in [-0.05, 0) is 27.8 Å². The number of rotatable bonds is 3. The summed E-state index contributed by atoms with van der Waals surface area (Å²) in [5, 5.41) is 13.6. The first-order valence-corrected chi connectivity index (χ1v) is 5.88. The van der Waals surface area contributed by atoms with Gasteiger partial charge in [0.1, 0.15) is 0 Å². The first-order valence-electron chi connectivity index (χ1n) is 5.88. The highest BCUT2D eigenvalue weighted by molar-refractivity contribution is 5.76. The number of aryl methyl sites for hydroxylation is 1. The fourth-order valence-electron chi connectivity index (χ4n) is 2.60. The topological polar surface area (TPSA) is 58.4 Å². The Labute approximate surface area is 101 Å². The van der Waals surface area contributed by atoms with Crippen LogP contribution >= 0.6 is 0 Å². The average molecular weight is 237 g/mol. The van der Waals surface area contributed by atoms with Crippen molar-refractivity contribution in [2.24, 2.45) is 0 Å². The van der Waals surface area contributed by atoms with Gasteiger partial charge in [0, 0.05) is 24.3 Å². The van der Waals surface area contributed by atoms with Gasteiger partial charge in [-0.25, -0.2) is 0 Å². The van der Waals surface area contributed by atoms with E-state index in [0.29, 0.717) is 6.04 Å². The molecule has 0 bridgehead atoms. The second kappa shape index (κ2) is 4.14. The molecule has 1 aromatic heterocycles. The summed E-state index contributed by atoms with van der Waals surface area (Å²) in [4.78, 5) is 13.3. The number of aromatic nitrogens is 2. The predicted octanol–water partition coefficient (Wildman–Crippen LogP) is 1.17. The quantitative estimate of drug-likeness (QED) is 0.857. The molecule has 2 heterocycles. The number of hydrogen-bond donors (Lipinski definition) is 1. The molecule has 0 radical (unpaired) electrons. The summed E-state index contributed by atoms with van der Waals surface area (Å²) in [5.74, 6) is -1.27. The van der Waals surface area contributed by atoms with Crippen molar-refractivity contribution in [1.82, 2.24) is 14.7 Å². The molecular formula is C12H19N3O2. The van der Waals surface area contributed by atoms with Gasteiger partial charge in [-0.2, -0.15) is 5.10 Å². The van der Waals surface area contributed by atoms with Crippen LogP contribution in [0.4, 0.5) is 0 Å². The minimum atomic E-state index is -0.790. The molecule has 0 saturated carbocycles. The van der Waals surface area contributed by atoms with Crippen LogP contribution in [-0.4, -0.2) is 45.9 Å². The van der Waals surface area contributed by atoms with E-state index in [0.717, 1.165) is 30.0 Å². The van der Waals surface area contributed by atoms with Crippen LogP contribution in [0.3, 0.4) is 0 Å². The number of nitrogens with zero attached hydrogens (tertiary/aromatic N) is 3. The monoisotopic (exact) mass is 237 g/mol. The van der Waals surface area contributed by atoms with E-state index in [1.54, 1.807) is 6.92 Å². The molecule has 0 aliphatic carbocycles. The lowest BCUT2D eigenvalue weighted by molar-refractivity contribution is -0.138. The molecule has 1 aliphatic rings. The van der Waals surface area contributed by atoms with Crippen LogP contribution in [0.5, 0.6) is 0 Å². The van der Waals surface area contributed by atoms with Crippen molar-refractivity contribution in [3.05, 3.63) is 17.0 Å². The number of likely N-dealkylation sites (N-methyl/N-ethyl adjacent to an activating group) is 1. The van der Waals surface area contributed by atoms with Crippen molar-refractivity contribution in [1.29, 1.82) is 0 Å². The Hall–Kier alpha value is -1.36. The fourth-order valence-corrected chi connectivity index (χ4v) is 2.60. The van der Waals surface area contributed by atoms with Crippen molar-refractivity contribution >= 4 is 5.97 Å². The minimum Gasteiger partial charge on any atom is -0.481 e. The Balaban J connectivity index is 2.32. The van der Waals surface area contributed by atoms with Gasteiger partial charge < -0.3 is 10.0 Å². The highest BCUT2D eigenvalue weighted by Gasteiger charge is 2.30. The fraction of sp³-hybridized carbons (Fsp3) is 0.667. The van der Waals surface area contributed by atoms with E-state index in [2.05, 4.69) is 17.0 Å². The van der Waals surface area contributed by atoms with Gasteiger partial charge in [-0.3, -0.25) is 9.48 Å². The Morgan fingerprint density at radius 2 is 2.06 bits per heavy atom. The molecule has 5 heteroatoms. The van der Waals surface area contributed by atoms with E-state index in [-0.39, 0.29) is 0 Å². The molecule has 1 unspecified atom stereocenters. The van der Waals surface area contributed by atoms with E-state index in [1.807, 2.05) is 18.5 Å². The summed E-state index contributed by atoms with van der Waals surface area (Å²) in [5.41, 5.74) is 2.70. The smallest absolute Gasteiger partial charge is 0.310 e. The van der Waals surface area contributed by atoms with Crippen LogP contribution in [0.1, 0.15) is 35.8 Å². The maximum Gasteiger partial charge on any atom is 0.310 e. The summed E-state index contributed by atoms with van der Waals surface area (Å²) in [6.45, 7) is 7.55. The van der Waals surface area contributed by atoms with Crippen molar-refractivity contribution in [3.8, 4) is 0 Å². The lowest BCUT2D eigenvalue weighted by Gasteiger charge is -2.36. The van der Waals surface area contributed by atoms with Crippen LogP contribution in [-0.2, 0) is 4.79 Å². The van der Waals surface area contributed by atoms with Gasteiger partial charge in [0.2, 0.25) is 0 Å².